The Morgan fingerprint density at radius 2 is 1.69 bits per heavy atom. The molecule has 4 nitrogen and oxygen atoms in total. The molecule has 0 saturated heterocycles. The summed E-state index contributed by atoms with van der Waals surface area (Å²) >= 11 is 1.45. The Morgan fingerprint density at radius 3 is 2.41 bits per heavy atom. The van der Waals surface area contributed by atoms with Crippen LogP contribution in [0.25, 0.3) is 16.5 Å². The molecule has 0 aliphatic carbocycles. The Bertz CT molecular complexity index is 1130. The number of thioether (sulfide) groups is 1. The van der Waals surface area contributed by atoms with Gasteiger partial charge in [0.1, 0.15) is 0 Å². The first-order chi connectivity index (χ1) is 14.0. The van der Waals surface area contributed by atoms with Crippen LogP contribution < -0.4 is 0 Å². The van der Waals surface area contributed by atoms with E-state index in [1.54, 1.807) is 0 Å². The van der Waals surface area contributed by atoms with Gasteiger partial charge in [-0.2, -0.15) is 0 Å². The van der Waals surface area contributed by atoms with Crippen LogP contribution in [0.5, 0.6) is 0 Å². The molecule has 2 amide bonds. The molecule has 1 aliphatic heterocycles. The number of hydrogen-bond donors (Lipinski definition) is 0. The lowest BCUT2D eigenvalue weighted by Gasteiger charge is -2.15. The van der Waals surface area contributed by atoms with Gasteiger partial charge >= 0.3 is 0 Å². The van der Waals surface area contributed by atoms with Crippen LogP contribution in [0.3, 0.4) is 0 Å². The second kappa shape index (κ2) is 7.91. The number of aromatic nitrogens is 1. The molecular weight excluding hydrogens is 380 g/mol. The van der Waals surface area contributed by atoms with Crippen molar-refractivity contribution in [3.63, 3.8) is 0 Å². The molecule has 148 valence electrons. The number of carbonyl (C=O) groups is 2. The second-order valence-electron chi connectivity index (χ2n) is 7.30. The fraction of sp³-hybridized carbons (Fsp3) is 0.250. The quantitative estimate of drug-likeness (QED) is 0.566. The first-order valence-electron chi connectivity index (χ1n) is 9.84. The minimum Gasteiger partial charge on any atom is -0.350 e. The van der Waals surface area contributed by atoms with Gasteiger partial charge in [-0.15, -0.1) is 11.8 Å². The van der Waals surface area contributed by atoms with Crippen molar-refractivity contribution in [1.82, 2.24) is 9.47 Å². The number of hydrogen-bond acceptors (Lipinski definition) is 3. The van der Waals surface area contributed by atoms with Crippen molar-refractivity contribution >= 4 is 40.1 Å². The van der Waals surface area contributed by atoms with E-state index >= 15 is 0 Å². The summed E-state index contributed by atoms with van der Waals surface area (Å²) in [4.78, 5) is 28.3. The van der Waals surface area contributed by atoms with E-state index in [9.17, 15) is 9.59 Å². The van der Waals surface area contributed by atoms with E-state index in [0.29, 0.717) is 23.4 Å². The normalized spacial score (nSPS) is 14.5. The molecule has 1 aliphatic rings. The minimum atomic E-state index is -0.185. The fourth-order valence-corrected chi connectivity index (χ4v) is 4.74. The van der Waals surface area contributed by atoms with E-state index in [2.05, 4.69) is 22.9 Å². The maximum atomic E-state index is 13.2. The van der Waals surface area contributed by atoms with Gasteiger partial charge in [0.15, 0.2) is 0 Å². The monoisotopic (exact) mass is 404 g/mol. The lowest BCUT2D eigenvalue weighted by atomic mass is 10.0. The molecule has 0 saturated carbocycles. The highest BCUT2D eigenvalue weighted by Crippen LogP contribution is 2.36. The summed E-state index contributed by atoms with van der Waals surface area (Å²) in [5.74, 6) is 0.397. The molecule has 2 aromatic carbocycles. The van der Waals surface area contributed by atoms with Crippen molar-refractivity contribution in [2.24, 2.45) is 7.05 Å². The zero-order chi connectivity index (χ0) is 20.5. The van der Waals surface area contributed by atoms with Crippen molar-refractivity contribution in [1.29, 1.82) is 0 Å². The third-order valence-corrected chi connectivity index (χ3v) is 6.29. The molecule has 0 N–H and O–H groups in total. The molecule has 2 heterocycles. The number of rotatable bonds is 6. The van der Waals surface area contributed by atoms with Crippen molar-refractivity contribution in [2.75, 3.05) is 12.3 Å². The van der Waals surface area contributed by atoms with Crippen molar-refractivity contribution < 1.29 is 9.59 Å². The van der Waals surface area contributed by atoms with E-state index < -0.39 is 0 Å². The first kappa shape index (κ1) is 19.5. The van der Waals surface area contributed by atoms with Crippen LogP contribution in [0.1, 0.15) is 23.6 Å². The molecule has 0 unspecified atom stereocenters. The minimum absolute atomic E-state index is 0.169. The lowest BCUT2D eigenvalue weighted by molar-refractivity contribution is -0.136. The number of benzene rings is 2. The molecule has 3 aromatic rings. The number of para-hydroxylation sites is 1. The number of nitrogens with zero attached hydrogens (tertiary/aromatic N) is 2. The highest BCUT2D eigenvalue weighted by molar-refractivity contribution is 8.04. The van der Waals surface area contributed by atoms with E-state index in [0.717, 1.165) is 28.0 Å². The van der Waals surface area contributed by atoms with Gasteiger partial charge in [0.2, 0.25) is 0 Å². The molecule has 0 atom stereocenters. The molecular formula is C24H24N2O2S. The van der Waals surface area contributed by atoms with Crippen molar-refractivity contribution in [3.8, 4) is 0 Å². The number of carbonyl (C=O) groups excluding carboxylic acids is 2. The molecule has 0 spiro atoms. The molecule has 5 heteroatoms. The Hall–Kier alpha value is -2.79. The van der Waals surface area contributed by atoms with Crippen LogP contribution in [0.4, 0.5) is 0 Å². The molecule has 0 fully saturated rings. The van der Waals surface area contributed by atoms with E-state index in [1.807, 2.05) is 57.3 Å². The predicted molar refractivity (Wildman–Crippen MR) is 120 cm³/mol. The standard InChI is InChI=1S/C24H24N2O2S/c1-4-29-22-21(17-11-9-16(2)10-12-17)23(27)26(24(22)28)14-13-18-15-25(3)20-8-6-5-7-19(18)20/h5-12,15H,4,13-14H2,1-3H3. The third kappa shape index (κ3) is 3.51. The maximum Gasteiger partial charge on any atom is 0.267 e. The summed E-state index contributed by atoms with van der Waals surface area (Å²) < 4.78 is 2.09. The van der Waals surface area contributed by atoms with Crippen LogP contribution in [0, 0.1) is 6.92 Å². The Morgan fingerprint density at radius 1 is 0.966 bits per heavy atom. The Labute approximate surface area is 175 Å². The van der Waals surface area contributed by atoms with Crippen LogP contribution in [-0.4, -0.2) is 33.6 Å². The number of imide groups is 1. The average Bonchev–Trinajstić information content (AvgIpc) is 3.16. The third-order valence-electron chi connectivity index (χ3n) is 5.34. The van der Waals surface area contributed by atoms with Gasteiger partial charge in [-0.05, 0) is 36.3 Å². The zero-order valence-corrected chi connectivity index (χ0v) is 17.8. The van der Waals surface area contributed by atoms with Gasteiger partial charge < -0.3 is 4.57 Å². The van der Waals surface area contributed by atoms with Gasteiger partial charge in [0, 0.05) is 30.7 Å². The first-order valence-corrected chi connectivity index (χ1v) is 10.8. The summed E-state index contributed by atoms with van der Waals surface area (Å²) in [6.07, 6.45) is 2.73. The predicted octanol–water partition coefficient (Wildman–Crippen LogP) is 4.56. The van der Waals surface area contributed by atoms with Gasteiger partial charge in [-0.1, -0.05) is 55.0 Å². The average molecular weight is 405 g/mol. The van der Waals surface area contributed by atoms with Crippen molar-refractivity contribution in [2.45, 2.75) is 20.3 Å². The molecule has 0 bridgehead atoms. The molecule has 4 rings (SSSR count). The Balaban J connectivity index is 1.61. The summed E-state index contributed by atoms with van der Waals surface area (Å²) in [6.45, 7) is 4.40. The van der Waals surface area contributed by atoms with Gasteiger partial charge in [-0.3, -0.25) is 14.5 Å². The summed E-state index contributed by atoms with van der Waals surface area (Å²) in [6, 6.07) is 16.0. The summed E-state index contributed by atoms with van der Waals surface area (Å²) in [5.41, 5.74) is 4.79. The highest BCUT2D eigenvalue weighted by Gasteiger charge is 2.38. The maximum absolute atomic E-state index is 13.2. The zero-order valence-electron chi connectivity index (χ0n) is 16.9. The van der Waals surface area contributed by atoms with Crippen LogP contribution >= 0.6 is 11.8 Å². The van der Waals surface area contributed by atoms with Gasteiger partial charge in [-0.25, -0.2) is 0 Å². The molecule has 1 aromatic heterocycles. The van der Waals surface area contributed by atoms with Crippen LogP contribution in [0.15, 0.2) is 59.6 Å². The largest absolute Gasteiger partial charge is 0.350 e. The molecule has 0 radical (unpaired) electrons. The van der Waals surface area contributed by atoms with E-state index in [1.165, 1.54) is 22.0 Å². The topological polar surface area (TPSA) is 42.3 Å². The fourth-order valence-electron chi connectivity index (χ4n) is 3.87. The van der Waals surface area contributed by atoms with Gasteiger partial charge in [0.05, 0.1) is 10.5 Å². The van der Waals surface area contributed by atoms with Gasteiger partial charge in [0.25, 0.3) is 11.8 Å². The van der Waals surface area contributed by atoms with Crippen LogP contribution in [0.2, 0.25) is 0 Å². The summed E-state index contributed by atoms with van der Waals surface area (Å²) in [7, 11) is 2.02. The number of amides is 2. The lowest BCUT2D eigenvalue weighted by Crippen LogP contribution is -2.33. The van der Waals surface area contributed by atoms with E-state index in [4.69, 9.17) is 0 Å². The number of fused-ring (bicyclic) bond motifs is 1. The number of aryl methyl sites for hydroxylation is 2. The van der Waals surface area contributed by atoms with E-state index in [-0.39, 0.29) is 11.8 Å². The second-order valence-corrected chi connectivity index (χ2v) is 8.57. The van der Waals surface area contributed by atoms with Crippen LogP contribution in [-0.2, 0) is 23.1 Å². The summed E-state index contributed by atoms with van der Waals surface area (Å²) in [5, 5.41) is 1.17. The smallest absolute Gasteiger partial charge is 0.267 e. The SMILES string of the molecule is CCSC1=C(c2ccc(C)cc2)C(=O)N(CCc2cn(C)c3ccccc23)C1=O. The highest BCUT2D eigenvalue weighted by atomic mass is 32.2. The molecule has 29 heavy (non-hydrogen) atoms. The Kier molecular flexibility index (Phi) is 5.33. The van der Waals surface area contributed by atoms with Crippen molar-refractivity contribution in [3.05, 3.63) is 76.3 Å².